The van der Waals surface area contributed by atoms with Crippen LogP contribution in [-0.4, -0.2) is 46.0 Å². The van der Waals surface area contributed by atoms with Gasteiger partial charge in [-0.3, -0.25) is 14.2 Å². The zero-order valence-corrected chi connectivity index (χ0v) is 26.1. The first-order valence-corrected chi connectivity index (χ1v) is 15.0. The van der Waals surface area contributed by atoms with E-state index in [9.17, 15) is 9.59 Å². The molecule has 0 saturated carbocycles. The third-order valence-electron chi connectivity index (χ3n) is 6.71. The zero-order valence-electron chi connectivity index (χ0n) is 25.3. The predicted molar refractivity (Wildman–Crippen MR) is 175 cm³/mol. The second-order valence-electron chi connectivity index (χ2n) is 10.0. The Labute approximate surface area is 265 Å². The first-order chi connectivity index (χ1) is 21.8. The number of carbonyl (C=O) groups is 2. The van der Waals surface area contributed by atoms with E-state index in [1.165, 1.54) is 18.7 Å². The predicted octanol–water partition coefficient (Wildman–Crippen LogP) is 6.75. The summed E-state index contributed by atoms with van der Waals surface area (Å²) in [6.45, 7) is 3.26. The van der Waals surface area contributed by atoms with Crippen molar-refractivity contribution >= 4 is 35.0 Å². The van der Waals surface area contributed by atoms with Crippen molar-refractivity contribution < 1.29 is 23.8 Å². The lowest BCUT2D eigenvalue weighted by molar-refractivity contribution is -0.115. The number of para-hydroxylation sites is 1. The van der Waals surface area contributed by atoms with Crippen molar-refractivity contribution in [3.05, 3.63) is 108 Å². The van der Waals surface area contributed by atoms with Gasteiger partial charge in [0.1, 0.15) is 17.3 Å². The minimum Gasteiger partial charge on any atom is -0.493 e. The minimum atomic E-state index is -0.502. The molecule has 5 aromatic rings. The van der Waals surface area contributed by atoms with Gasteiger partial charge < -0.3 is 24.8 Å². The van der Waals surface area contributed by atoms with E-state index in [0.29, 0.717) is 46.0 Å². The van der Waals surface area contributed by atoms with Gasteiger partial charge in [-0.15, -0.1) is 10.2 Å². The summed E-state index contributed by atoms with van der Waals surface area (Å²) in [6.07, 6.45) is 0.456. The normalized spacial score (nSPS) is 11.4. The Balaban J connectivity index is 1.39. The molecular weight excluding hydrogens is 590 g/mol. The van der Waals surface area contributed by atoms with Gasteiger partial charge in [0, 0.05) is 30.4 Å². The van der Waals surface area contributed by atoms with Crippen molar-refractivity contribution in [2.24, 2.45) is 0 Å². The first-order valence-electron chi connectivity index (χ1n) is 14.2. The highest BCUT2D eigenvalue weighted by Gasteiger charge is 2.22. The third-order valence-corrected chi connectivity index (χ3v) is 7.75. The van der Waals surface area contributed by atoms with Crippen LogP contribution in [0.25, 0.3) is 5.69 Å². The number of anilines is 2. The highest BCUT2D eigenvalue weighted by atomic mass is 32.2. The molecule has 11 heteroatoms. The average Bonchev–Trinajstić information content (AvgIpc) is 3.43. The van der Waals surface area contributed by atoms with E-state index in [0.717, 1.165) is 17.0 Å². The second kappa shape index (κ2) is 14.5. The maximum Gasteiger partial charge on any atom is 0.237 e. The number of aromatic nitrogens is 3. The maximum absolute atomic E-state index is 13.2. The SMILES string of the molecule is COc1ccc(Cc2nnc(SC(C)C(=O)Nc3ccc(NC(C)=O)cc3)n2-c2ccc(Oc3ccccc3)cc2)cc1OC. The van der Waals surface area contributed by atoms with Crippen molar-refractivity contribution in [2.75, 3.05) is 24.9 Å². The standard InChI is InChI=1S/C34H33N5O5S/c1-22(33(41)36-26-13-11-25(12-14-26)35-23(2)40)45-34-38-37-32(21-24-10-19-30(42-3)31(20-24)43-4)39(34)27-15-17-29(18-16-27)44-28-8-6-5-7-9-28/h5-20,22H,21H2,1-4H3,(H,35,40)(H,36,41). The fourth-order valence-corrected chi connectivity index (χ4v) is 5.39. The number of thioether (sulfide) groups is 1. The van der Waals surface area contributed by atoms with Crippen LogP contribution >= 0.6 is 11.8 Å². The highest BCUT2D eigenvalue weighted by Crippen LogP contribution is 2.32. The van der Waals surface area contributed by atoms with Crippen LogP contribution in [0.2, 0.25) is 0 Å². The van der Waals surface area contributed by atoms with Gasteiger partial charge in [-0.05, 0) is 85.3 Å². The summed E-state index contributed by atoms with van der Waals surface area (Å²) in [6, 6.07) is 29.9. The van der Waals surface area contributed by atoms with Crippen LogP contribution in [0.15, 0.2) is 102 Å². The van der Waals surface area contributed by atoms with Crippen molar-refractivity contribution in [1.29, 1.82) is 0 Å². The Morgan fingerprint density at radius 1 is 0.800 bits per heavy atom. The summed E-state index contributed by atoms with van der Waals surface area (Å²) in [5.41, 5.74) is 3.04. The van der Waals surface area contributed by atoms with E-state index < -0.39 is 5.25 Å². The van der Waals surface area contributed by atoms with E-state index in [2.05, 4.69) is 20.8 Å². The fraction of sp³-hybridized carbons (Fsp3) is 0.176. The number of ether oxygens (including phenoxy) is 3. The molecule has 1 heterocycles. The zero-order chi connectivity index (χ0) is 31.8. The van der Waals surface area contributed by atoms with Gasteiger partial charge in [-0.1, -0.05) is 36.0 Å². The van der Waals surface area contributed by atoms with Gasteiger partial charge in [0.2, 0.25) is 11.8 Å². The molecule has 5 rings (SSSR count). The molecular formula is C34H33N5O5S. The van der Waals surface area contributed by atoms with E-state index in [4.69, 9.17) is 14.2 Å². The number of carbonyl (C=O) groups excluding carboxylic acids is 2. The van der Waals surface area contributed by atoms with Crippen molar-refractivity contribution in [3.8, 4) is 28.7 Å². The van der Waals surface area contributed by atoms with Crippen molar-refractivity contribution in [2.45, 2.75) is 30.7 Å². The minimum absolute atomic E-state index is 0.162. The number of nitrogens with zero attached hydrogens (tertiary/aromatic N) is 3. The van der Waals surface area contributed by atoms with Crippen LogP contribution in [0.5, 0.6) is 23.0 Å². The monoisotopic (exact) mass is 623 g/mol. The summed E-state index contributed by atoms with van der Waals surface area (Å²) in [7, 11) is 3.20. The van der Waals surface area contributed by atoms with Gasteiger partial charge in [0.25, 0.3) is 0 Å². The molecule has 0 aliphatic rings. The fourth-order valence-electron chi connectivity index (χ4n) is 4.51. The molecule has 0 aliphatic carbocycles. The summed E-state index contributed by atoms with van der Waals surface area (Å²) < 4.78 is 18.8. The molecule has 45 heavy (non-hydrogen) atoms. The quantitative estimate of drug-likeness (QED) is 0.147. The average molecular weight is 624 g/mol. The molecule has 2 N–H and O–H groups in total. The molecule has 0 radical (unpaired) electrons. The number of methoxy groups -OCH3 is 2. The Bertz CT molecular complexity index is 1760. The largest absolute Gasteiger partial charge is 0.493 e. The summed E-state index contributed by atoms with van der Waals surface area (Å²) >= 11 is 1.30. The molecule has 0 bridgehead atoms. The van der Waals surface area contributed by atoms with E-state index in [1.807, 2.05) is 84.3 Å². The van der Waals surface area contributed by atoms with Gasteiger partial charge >= 0.3 is 0 Å². The number of benzene rings is 4. The molecule has 2 amide bonds. The topological polar surface area (TPSA) is 117 Å². The highest BCUT2D eigenvalue weighted by molar-refractivity contribution is 8.00. The van der Waals surface area contributed by atoms with Crippen LogP contribution in [0, 0.1) is 0 Å². The van der Waals surface area contributed by atoms with Crippen LogP contribution in [0.3, 0.4) is 0 Å². The lowest BCUT2D eigenvalue weighted by Crippen LogP contribution is -2.23. The lowest BCUT2D eigenvalue weighted by Gasteiger charge is -2.15. The molecule has 0 saturated heterocycles. The lowest BCUT2D eigenvalue weighted by atomic mass is 10.1. The smallest absolute Gasteiger partial charge is 0.237 e. The van der Waals surface area contributed by atoms with E-state index in [1.54, 1.807) is 38.5 Å². The second-order valence-corrected chi connectivity index (χ2v) is 11.3. The molecule has 1 aromatic heterocycles. The number of amides is 2. The first kappa shape index (κ1) is 31.1. The number of hydrogen-bond acceptors (Lipinski definition) is 8. The summed E-state index contributed by atoms with van der Waals surface area (Å²) in [5, 5.41) is 14.7. The Hall–Kier alpha value is -5.29. The van der Waals surface area contributed by atoms with Crippen molar-refractivity contribution in [1.82, 2.24) is 14.8 Å². The Morgan fingerprint density at radius 3 is 2.09 bits per heavy atom. The molecule has 0 spiro atoms. The van der Waals surface area contributed by atoms with Crippen molar-refractivity contribution in [3.63, 3.8) is 0 Å². The molecule has 0 aliphatic heterocycles. The summed E-state index contributed by atoms with van der Waals surface area (Å²) in [4.78, 5) is 24.5. The van der Waals surface area contributed by atoms with Crippen LogP contribution in [-0.2, 0) is 16.0 Å². The van der Waals surface area contributed by atoms with Gasteiger partial charge in [0.05, 0.1) is 19.5 Å². The number of hydrogen-bond donors (Lipinski definition) is 2. The van der Waals surface area contributed by atoms with Crippen LogP contribution in [0.4, 0.5) is 11.4 Å². The molecule has 10 nitrogen and oxygen atoms in total. The van der Waals surface area contributed by atoms with Gasteiger partial charge in [-0.2, -0.15) is 0 Å². The van der Waals surface area contributed by atoms with Crippen LogP contribution in [0.1, 0.15) is 25.2 Å². The number of rotatable bonds is 12. The third kappa shape index (κ3) is 8.01. The Kier molecular flexibility index (Phi) is 10.0. The van der Waals surface area contributed by atoms with E-state index in [-0.39, 0.29) is 11.8 Å². The van der Waals surface area contributed by atoms with Gasteiger partial charge in [-0.25, -0.2) is 0 Å². The maximum atomic E-state index is 13.2. The van der Waals surface area contributed by atoms with Crippen LogP contribution < -0.4 is 24.8 Å². The Morgan fingerprint density at radius 2 is 1.44 bits per heavy atom. The molecule has 0 fully saturated rings. The van der Waals surface area contributed by atoms with Gasteiger partial charge in [0.15, 0.2) is 16.7 Å². The molecule has 4 aromatic carbocycles. The number of nitrogens with one attached hydrogen (secondary N) is 2. The van der Waals surface area contributed by atoms with E-state index >= 15 is 0 Å². The summed E-state index contributed by atoms with van der Waals surface area (Å²) in [5.74, 6) is 3.00. The molecule has 1 atom stereocenters. The molecule has 1 unspecified atom stereocenters. The molecule has 230 valence electrons.